The third-order valence-corrected chi connectivity index (χ3v) is 3.56. The lowest BCUT2D eigenvalue weighted by Gasteiger charge is -2.29. The van der Waals surface area contributed by atoms with Gasteiger partial charge in [-0.25, -0.2) is 14.2 Å². The summed E-state index contributed by atoms with van der Waals surface area (Å²) in [6, 6.07) is 0.758. The fourth-order valence-electron chi connectivity index (χ4n) is 2.26. The van der Waals surface area contributed by atoms with Gasteiger partial charge < -0.3 is 10.0 Å². The summed E-state index contributed by atoms with van der Waals surface area (Å²) in [7, 11) is 0. The van der Waals surface area contributed by atoms with Crippen molar-refractivity contribution in [3.05, 3.63) is 32.8 Å². The highest BCUT2D eigenvalue weighted by Gasteiger charge is 2.30. The van der Waals surface area contributed by atoms with Crippen molar-refractivity contribution in [2.45, 2.75) is 18.8 Å². The van der Waals surface area contributed by atoms with E-state index in [2.05, 4.69) is 4.98 Å². The molecule has 1 fully saturated rings. The molecule has 0 radical (unpaired) electrons. The second-order valence-electron chi connectivity index (χ2n) is 4.47. The van der Waals surface area contributed by atoms with Gasteiger partial charge in [-0.1, -0.05) is 11.6 Å². The van der Waals surface area contributed by atoms with Crippen molar-refractivity contribution in [3.63, 3.8) is 0 Å². The summed E-state index contributed by atoms with van der Waals surface area (Å²) in [5.41, 5.74) is -0.299. The van der Waals surface area contributed by atoms with Crippen LogP contribution in [0.5, 0.6) is 0 Å². The number of hydrogen-bond acceptors (Lipinski definition) is 4. The first-order valence-corrected chi connectivity index (χ1v) is 6.26. The summed E-state index contributed by atoms with van der Waals surface area (Å²) in [5, 5.41) is 19.4. The molecule has 0 aromatic carbocycles. The second kappa shape index (κ2) is 5.58. The largest absolute Gasteiger partial charge is 0.465 e. The Morgan fingerprint density at radius 3 is 2.65 bits per heavy atom. The number of nitro groups is 1. The molecule has 0 saturated carbocycles. The zero-order valence-electron chi connectivity index (χ0n) is 10.3. The Morgan fingerprint density at radius 2 is 2.15 bits per heavy atom. The number of likely N-dealkylation sites (tertiary alicyclic amines) is 1. The van der Waals surface area contributed by atoms with Crippen molar-refractivity contribution in [1.29, 1.82) is 0 Å². The number of halogens is 2. The van der Waals surface area contributed by atoms with Gasteiger partial charge in [0.25, 0.3) is 5.69 Å². The summed E-state index contributed by atoms with van der Waals surface area (Å²) in [6.45, 7) is 0.516. The maximum Gasteiger partial charge on any atom is 0.407 e. The molecule has 108 valence electrons. The van der Waals surface area contributed by atoms with E-state index in [-0.39, 0.29) is 24.7 Å². The molecule has 1 N–H and O–H groups in total. The van der Waals surface area contributed by atoms with E-state index in [9.17, 15) is 19.3 Å². The van der Waals surface area contributed by atoms with E-state index in [1.165, 1.54) is 4.90 Å². The minimum absolute atomic E-state index is 0.117. The van der Waals surface area contributed by atoms with Crippen LogP contribution in [0.2, 0.25) is 5.15 Å². The Balaban J connectivity index is 2.27. The summed E-state index contributed by atoms with van der Waals surface area (Å²) < 4.78 is 13.3. The van der Waals surface area contributed by atoms with Crippen molar-refractivity contribution in [1.82, 2.24) is 9.88 Å². The van der Waals surface area contributed by atoms with Crippen LogP contribution in [-0.4, -0.2) is 39.1 Å². The number of carboxylic acid groups (broad SMARTS) is 1. The zero-order valence-corrected chi connectivity index (χ0v) is 11.0. The quantitative estimate of drug-likeness (QED) is 0.514. The van der Waals surface area contributed by atoms with Crippen LogP contribution in [0.3, 0.4) is 0 Å². The molecule has 0 bridgehead atoms. The molecule has 0 unspecified atom stereocenters. The highest BCUT2D eigenvalue weighted by Crippen LogP contribution is 2.34. The van der Waals surface area contributed by atoms with E-state index in [1.54, 1.807) is 0 Å². The lowest BCUT2D eigenvalue weighted by atomic mass is 9.92. The third-order valence-electron chi connectivity index (χ3n) is 3.29. The van der Waals surface area contributed by atoms with Gasteiger partial charge in [-0.2, -0.15) is 0 Å². The predicted octanol–water partition coefficient (Wildman–Crippen LogP) is 2.64. The Kier molecular flexibility index (Phi) is 4.03. The summed E-state index contributed by atoms with van der Waals surface area (Å²) in [6.07, 6.45) is -0.243. The molecule has 1 aliphatic rings. The third kappa shape index (κ3) is 2.79. The molecule has 1 aliphatic heterocycles. The maximum absolute atomic E-state index is 13.3. The average molecular weight is 304 g/mol. The van der Waals surface area contributed by atoms with Crippen molar-refractivity contribution >= 4 is 23.4 Å². The zero-order chi connectivity index (χ0) is 14.9. The van der Waals surface area contributed by atoms with Gasteiger partial charge in [-0.3, -0.25) is 10.1 Å². The summed E-state index contributed by atoms with van der Waals surface area (Å²) >= 11 is 5.58. The van der Waals surface area contributed by atoms with Crippen LogP contribution >= 0.6 is 11.6 Å². The van der Waals surface area contributed by atoms with Crippen LogP contribution in [0.1, 0.15) is 24.5 Å². The molecule has 7 nitrogen and oxygen atoms in total. The lowest BCUT2D eigenvalue weighted by Crippen LogP contribution is -2.37. The smallest absolute Gasteiger partial charge is 0.407 e. The topological polar surface area (TPSA) is 96.6 Å². The lowest BCUT2D eigenvalue weighted by molar-refractivity contribution is -0.386. The van der Waals surface area contributed by atoms with Gasteiger partial charge >= 0.3 is 6.09 Å². The van der Waals surface area contributed by atoms with E-state index in [4.69, 9.17) is 16.7 Å². The van der Waals surface area contributed by atoms with Crippen LogP contribution < -0.4 is 0 Å². The molecule has 1 amide bonds. The Morgan fingerprint density at radius 1 is 1.55 bits per heavy atom. The number of rotatable bonds is 2. The monoisotopic (exact) mass is 303 g/mol. The molecule has 2 rings (SSSR count). The maximum atomic E-state index is 13.3. The van der Waals surface area contributed by atoms with E-state index < -0.39 is 27.7 Å². The first kappa shape index (κ1) is 14.4. The van der Waals surface area contributed by atoms with E-state index in [0.717, 1.165) is 6.07 Å². The number of carbonyl (C=O) groups is 1. The highest BCUT2D eigenvalue weighted by atomic mass is 35.5. The number of pyridine rings is 1. The van der Waals surface area contributed by atoms with Crippen LogP contribution in [-0.2, 0) is 0 Å². The van der Waals surface area contributed by atoms with Crippen LogP contribution in [0.4, 0.5) is 14.9 Å². The predicted molar refractivity (Wildman–Crippen MR) is 67.4 cm³/mol. The van der Waals surface area contributed by atoms with E-state index in [1.807, 2.05) is 0 Å². The van der Waals surface area contributed by atoms with Gasteiger partial charge in [-0.05, 0) is 12.8 Å². The van der Waals surface area contributed by atoms with E-state index in [0.29, 0.717) is 12.8 Å². The molecule has 1 aromatic heterocycles. The van der Waals surface area contributed by atoms with Crippen LogP contribution in [0.25, 0.3) is 0 Å². The normalized spacial score (nSPS) is 16.2. The molecule has 0 atom stereocenters. The SMILES string of the molecule is O=C(O)N1CCC(c2nc(Cl)c(F)cc2[N+](=O)[O-])CC1. The molecule has 2 heterocycles. The fourth-order valence-corrected chi connectivity index (χ4v) is 2.41. The van der Waals surface area contributed by atoms with E-state index >= 15 is 0 Å². The Hall–Kier alpha value is -1.96. The fraction of sp³-hybridized carbons (Fsp3) is 0.455. The second-order valence-corrected chi connectivity index (χ2v) is 4.82. The first-order valence-electron chi connectivity index (χ1n) is 5.88. The Bertz CT molecular complexity index is 561. The summed E-state index contributed by atoms with van der Waals surface area (Å²) in [4.78, 5) is 26.1. The number of nitrogens with zero attached hydrogens (tertiary/aromatic N) is 3. The van der Waals surface area contributed by atoms with Gasteiger partial charge in [0.15, 0.2) is 11.0 Å². The molecular formula is C11H11ClFN3O4. The van der Waals surface area contributed by atoms with Crippen molar-refractivity contribution < 1.29 is 19.2 Å². The molecule has 1 aromatic rings. The van der Waals surface area contributed by atoms with Gasteiger partial charge in [0.2, 0.25) is 0 Å². The van der Waals surface area contributed by atoms with Gasteiger partial charge in [-0.15, -0.1) is 0 Å². The number of amides is 1. The van der Waals surface area contributed by atoms with Gasteiger partial charge in [0, 0.05) is 19.0 Å². The molecular weight excluding hydrogens is 293 g/mol. The number of aromatic nitrogens is 1. The molecule has 20 heavy (non-hydrogen) atoms. The van der Waals surface area contributed by atoms with Gasteiger partial charge in [0.1, 0.15) is 5.69 Å². The minimum atomic E-state index is -1.02. The molecule has 0 aliphatic carbocycles. The Labute approximate surface area is 118 Å². The van der Waals surface area contributed by atoms with Crippen molar-refractivity contribution in [3.8, 4) is 0 Å². The molecule has 9 heteroatoms. The van der Waals surface area contributed by atoms with Crippen molar-refractivity contribution in [2.24, 2.45) is 0 Å². The highest BCUT2D eigenvalue weighted by molar-refractivity contribution is 6.29. The van der Waals surface area contributed by atoms with Crippen LogP contribution in [0, 0.1) is 15.9 Å². The number of piperidine rings is 1. The van der Waals surface area contributed by atoms with Crippen LogP contribution in [0.15, 0.2) is 6.07 Å². The molecule has 1 saturated heterocycles. The van der Waals surface area contributed by atoms with Gasteiger partial charge in [0.05, 0.1) is 11.0 Å². The average Bonchev–Trinajstić information content (AvgIpc) is 2.41. The first-order chi connectivity index (χ1) is 9.40. The standard InChI is InChI=1S/C11H11ClFN3O4/c12-10-7(13)5-8(16(19)20)9(14-10)6-1-3-15(4-2-6)11(17)18/h5-6H,1-4H2,(H,17,18). The molecule has 0 spiro atoms. The van der Waals surface area contributed by atoms with Crippen molar-refractivity contribution in [2.75, 3.05) is 13.1 Å². The number of hydrogen-bond donors (Lipinski definition) is 1. The summed E-state index contributed by atoms with van der Waals surface area (Å²) in [5.74, 6) is -1.24. The minimum Gasteiger partial charge on any atom is -0.465 e.